The summed E-state index contributed by atoms with van der Waals surface area (Å²) in [6.07, 6.45) is 0. The van der Waals surface area contributed by atoms with Crippen LogP contribution in [0, 0.1) is 0 Å². The number of hydrogen-bond acceptors (Lipinski definition) is 2. The average Bonchev–Trinajstić information content (AvgIpc) is 1.37. The summed E-state index contributed by atoms with van der Waals surface area (Å²) in [5, 5.41) is 0. The van der Waals surface area contributed by atoms with E-state index in [1.165, 1.54) is 0 Å². The van der Waals surface area contributed by atoms with Crippen LogP contribution in [-0.4, -0.2) is 0 Å². The maximum absolute atomic E-state index is 2.01. The molecular weight excluding hydrogens is 256 g/mol. The monoisotopic (exact) mass is 261 g/mol. The molecule has 0 aromatic heterocycles. The Morgan fingerprint density at radius 1 is 1.25 bits per heavy atom. The first-order valence-corrected chi connectivity index (χ1v) is 7.42. The molecule has 0 amide bonds. The van der Waals surface area contributed by atoms with Crippen molar-refractivity contribution in [2.45, 2.75) is 0 Å². The summed E-state index contributed by atoms with van der Waals surface area (Å²) in [5.41, 5.74) is 0. The van der Waals surface area contributed by atoms with Gasteiger partial charge in [-0.2, -0.15) is 0 Å². The Kier molecular flexibility index (Phi) is 7.71. The van der Waals surface area contributed by atoms with Crippen LogP contribution >= 0.6 is 17.0 Å². The van der Waals surface area contributed by atoms with E-state index in [0.717, 1.165) is 0 Å². The second-order valence-corrected chi connectivity index (χ2v) is 7.25. The van der Waals surface area contributed by atoms with Crippen LogP contribution in [0.3, 0.4) is 0 Å². The van der Waals surface area contributed by atoms with Gasteiger partial charge in [0, 0.05) is 0 Å². The van der Waals surface area contributed by atoms with Gasteiger partial charge >= 0.3 is 55.5 Å². The number of hydrogen-bond donors (Lipinski definition) is 0. The molecule has 0 heterocycles. The average molecular weight is 257 g/mol. The molecule has 0 spiro atoms. The molecule has 0 radical (unpaired) electrons. The van der Waals surface area contributed by atoms with Gasteiger partial charge in [-0.25, -0.2) is 0 Å². The molecule has 0 aliphatic carbocycles. The topological polar surface area (TPSA) is 0 Å². The van der Waals surface area contributed by atoms with Crippen LogP contribution in [0.5, 0.6) is 0 Å². The first kappa shape index (κ1) is 6.08. The Morgan fingerprint density at radius 3 is 1.50 bits per heavy atom. The summed E-state index contributed by atoms with van der Waals surface area (Å²) >= 11 is 4.01. The summed E-state index contributed by atoms with van der Waals surface area (Å²) in [7, 11) is 3.58. The molecular formula is HMo2S2+. The fourth-order valence-electron chi connectivity index (χ4n) is 0. The third-order valence-corrected chi connectivity index (χ3v) is 8.75. The number of rotatable bonds is 1. The molecule has 0 atom stereocenters. The van der Waals surface area contributed by atoms with E-state index in [1.54, 1.807) is 17.0 Å². The van der Waals surface area contributed by atoms with Crippen molar-refractivity contribution >= 4 is 17.0 Å². The molecule has 24 valence electrons. The van der Waals surface area contributed by atoms with Crippen LogP contribution in [0.1, 0.15) is 1.43 Å². The van der Waals surface area contributed by atoms with Gasteiger partial charge < -0.3 is 0 Å². The summed E-state index contributed by atoms with van der Waals surface area (Å²) in [5.74, 6) is 0. The second kappa shape index (κ2) is 5.08. The van der Waals surface area contributed by atoms with Crippen molar-refractivity contribution in [3.63, 3.8) is 0 Å². The third-order valence-electron chi connectivity index (χ3n) is 0.0278. The van der Waals surface area contributed by atoms with Gasteiger partial charge in [-0.1, -0.05) is 0 Å². The molecule has 0 aliphatic heterocycles. The molecule has 0 fully saturated rings. The zero-order chi connectivity index (χ0) is 3.41. The van der Waals surface area contributed by atoms with Crippen molar-refractivity contribution < 1.29 is 38.5 Å². The molecule has 4 heavy (non-hydrogen) atoms. The van der Waals surface area contributed by atoms with Gasteiger partial charge in [-0.15, -0.1) is 0 Å². The van der Waals surface area contributed by atoms with Crippen LogP contribution in [0.4, 0.5) is 0 Å². The minimum absolute atomic E-state index is 0. The first-order valence-electron chi connectivity index (χ1n) is 0.500. The van der Waals surface area contributed by atoms with Crippen molar-refractivity contribution in [1.29, 1.82) is 0 Å². The molecule has 0 aromatic rings. The van der Waals surface area contributed by atoms with Gasteiger partial charge in [0.1, 0.15) is 0 Å². The van der Waals surface area contributed by atoms with E-state index in [1.807, 2.05) is 37.1 Å². The summed E-state index contributed by atoms with van der Waals surface area (Å²) in [4.78, 5) is 0. The Balaban J connectivity index is 0. The minimum atomic E-state index is 0. The normalized spacial score (nSPS) is 7.00. The third kappa shape index (κ3) is 4.08. The molecule has 0 saturated heterocycles. The quantitative estimate of drug-likeness (QED) is 0.514. The molecule has 0 aliphatic rings. The first-order chi connectivity index (χ1) is 1.91. The predicted molar refractivity (Wildman–Crippen MR) is 16.3 cm³/mol. The van der Waals surface area contributed by atoms with Crippen molar-refractivity contribution in [3.05, 3.63) is 0 Å². The van der Waals surface area contributed by atoms with E-state index < -0.39 is 0 Å². The van der Waals surface area contributed by atoms with E-state index in [-0.39, 0.29) is 1.43 Å². The van der Waals surface area contributed by atoms with Crippen molar-refractivity contribution in [2.24, 2.45) is 0 Å². The molecule has 0 aromatic carbocycles. The van der Waals surface area contributed by atoms with Crippen LogP contribution in [0.15, 0.2) is 0 Å². The Bertz CT molecular complexity index is 9.61. The van der Waals surface area contributed by atoms with E-state index in [9.17, 15) is 0 Å². The Morgan fingerprint density at radius 2 is 1.50 bits per heavy atom. The van der Waals surface area contributed by atoms with Crippen LogP contribution in [0.2, 0.25) is 0 Å². The zero-order valence-corrected chi connectivity index (χ0v) is 7.28. The van der Waals surface area contributed by atoms with Crippen molar-refractivity contribution in [1.82, 2.24) is 0 Å². The maximum atomic E-state index is 2.01. The van der Waals surface area contributed by atoms with Crippen molar-refractivity contribution in [2.75, 3.05) is 0 Å². The molecule has 4 heteroatoms. The van der Waals surface area contributed by atoms with Crippen LogP contribution in [0.25, 0.3) is 0 Å². The van der Waals surface area contributed by atoms with E-state index >= 15 is 0 Å². The van der Waals surface area contributed by atoms with Crippen molar-refractivity contribution in [3.8, 4) is 0 Å². The van der Waals surface area contributed by atoms with E-state index in [0.29, 0.717) is 0 Å². The zero-order valence-electron chi connectivity index (χ0n) is 2.63. The van der Waals surface area contributed by atoms with Crippen LogP contribution in [-0.2, 0) is 37.1 Å². The second-order valence-electron chi connectivity index (χ2n) is 0.136. The molecule has 0 rings (SSSR count). The van der Waals surface area contributed by atoms with Gasteiger partial charge in [-0.05, 0) is 0 Å². The molecule has 0 N–H and O–H groups in total. The molecule has 0 unspecified atom stereocenters. The van der Waals surface area contributed by atoms with Gasteiger partial charge in [-0.3, -0.25) is 0 Å². The van der Waals surface area contributed by atoms with Gasteiger partial charge in [0.15, 0.2) is 0 Å². The predicted octanol–water partition coefficient (Wildman–Crippen LogP) is 1.40. The van der Waals surface area contributed by atoms with Gasteiger partial charge in [0.25, 0.3) is 0 Å². The summed E-state index contributed by atoms with van der Waals surface area (Å²) < 4.78 is 0. The Labute approximate surface area is 55.0 Å². The fraction of sp³-hybridized carbons (Fsp3) is 0. The Hall–Kier alpha value is 2.08. The van der Waals surface area contributed by atoms with Crippen LogP contribution < -0.4 is 0 Å². The van der Waals surface area contributed by atoms with E-state index in [4.69, 9.17) is 0 Å². The molecule has 0 bridgehead atoms. The summed E-state index contributed by atoms with van der Waals surface area (Å²) in [6, 6.07) is 0. The standard InChI is InChI=1S/2Mo.S2/c;;1-2/q2*+1;-2/p+1. The van der Waals surface area contributed by atoms with E-state index in [2.05, 4.69) is 0 Å². The summed E-state index contributed by atoms with van der Waals surface area (Å²) in [6.45, 7) is 0. The van der Waals surface area contributed by atoms with Gasteiger partial charge in [0.2, 0.25) is 0 Å². The fourth-order valence-corrected chi connectivity index (χ4v) is 0. The molecule has 0 nitrogen and oxygen atoms in total. The SMILES string of the molecule is [H+].[Mo][S][S][Mo]. The molecule has 0 saturated carbocycles. The van der Waals surface area contributed by atoms with Gasteiger partial charge in [0.05, 0.1) is 0 Å².